The molecule has 7 heteroatoms. The lowest BCUT2D eigenvalue weighted by molar-refractivity contribution is 0.0600. The van der Waals surface area contributed by atoms with Crippen molar-refractivity contribution >= 4 is 38.6 Å². The van der Waals surface area contributed by atoms with E-state index in [1.54, 1.807) is 35.4 Å². The van der Waals surface area contributed by atoms with Crippen LogP contribution in [-0.2, 0) is 11.3 Å². The summed E-state index contributed by atoms with van der Waals surface area (Å²) >= 11 is 1.49. The number of esters is 1. The lowest BCUT2D eigenvalue weighted by Gasteiger charge is -2.19. The monoisotopic (exact) mass is 431 g/mol. The van der Waals surface area contributed by atoms with E-state index >= 15 is 0 Å². The molecule has 156 valence electrons. The molecule has 0 atom stereocenters. The number of carbonyl (C=O) groups is 2. The van der Waals surface area contributed by atoms with Gasteiger partial charge in [-0.3, -0.25) is 14.7 Å². The summed E-state index contributed by atoms with van der Waals surface area (Å²) < 4.78 is 5.80. The van der Waals surface area contributed by atoms with Gasteiger partial charge in [-0.25, -0.2) is 9.78 Å². The number of hydrogen-bond acceptors (Lipinski definition) is 6. The van der Waals surface area contributed by atoms with Gasteiger partial charge in [-0.05, 0) is 61.4 Å². The van der Waals surface area contributed by atoms with E-state index in [0.717, 1.165) is 27.0 Å². The van der Waals surface area contributed by atoms with Crippen LogP contribution in [0.15, 0.2) is 60.8 Å². The quantitative estimate of drug-likeness (QED) is 0.419. The predicted octanol–water partition coefficient (Wildman–Crippen LogP) is 4.94. The van der Waals surface area contributed by atoms with Crippen molar-refractivity contribution in [1.29, 1.82) is 0 Å². The maximum absolute atomic E-state index is 13.5. The van der Waals surface area contributed by atoms with E-state index in [-0.39, 0.29) is 12.5 Å². The molecule has 0 saturated carbocycles. The Bertz CT molecular complexity index is 1210. The Morgan fingerprint density at radius 1 is 0.968 bits per heavy atom. The maximum atomic E-state index is 13.5. The maximum Gasteiger partial charge on any atom is 0.337 e. The molecule has 0 unspecified atom stereocenters. The van der Waals surface area contributed by atoms with E-state index in [1.807, 2.05) is 38.1 Å². The highest BCUT2D eigenvalue weighted by atomic mass is 32.1. The SMILES string of the molecule is COC(=O)c1ccc(C(=O)N(Cc2ccccn2)c2nc3c(C)ccc(C)c3s2)cc1. The largest absolute Gasteiger partial charge is 0.465 e. The fourth-order valence-electron chi connectivity index (χ4n) is 3.27. The highest BCUT2D eigenvalue weighted by molar-refractivity contribution is 7.22. The van der Waals surface area contributed by atoms with Gasteiger partial charge in [-0.2, -0.15) is 0 Å². The molecule has 0 saturated heterocycles. The molecular formula is C24H21N3O3S. The van der Waals surface area contributed by atoms with Gasteiger partial charge >= 0.3 is 5.97 Å². The Morgan fingerprint density at radius 3 is 2.32 bits per heavy atom. The number of nitrogens with zero attached hydrogens (tertiary/aromatic N) is 3. The van der Waals surface area contributed by atoms with E-state index < -0.39 is 5.97 Å². The molecule has 31 heavy (non-hydrogen) atoms. The van der Waals surface area contributed by atoms with Gasteiger partial charge in [0.25, 0.3) is 5.91 Å². The summed E-state index contributed by atoms with van der Waals surface area (Å²) in [6.07, 6.45) is 1.70. The number of pyridine rings is 1. The van der Waals surface area contributed by atoms with E-state index in [9.17, 15) is 9.59 Å². The number of aromatic nitrogens is 2. The number of amides is 1. The van der Waals surface area contributed by atoms with Gasteiger partial charge < -0.3 is 4.74 Å². The van der Waals surface area contributed by atoms with Gasteiger partial charge in [0.2, 0.25) is 0 Å². The number of anilines is 1. The normalized spacial score (nSPS) is 10.8. The van der Waals surface area contributed by atoms with Crippen molar-refractivity contribution in [3.05, 3.63) is 88.7 Å². The van der Waals surface area contributed by atoms with Crippen LogP contribution < -0.4 is 4.90 Å². The number of methoxy groups -OCH3 is 1. The van der Waals surface area contributed by atoms with Crippen molar-refractivity contribution in [3.63, 3.8) is 0 Å². The fourth-order valence-corrected chi connectivity index (χ4v) is 4.38. The van der Waals surface area contributed by atoms with Crippen LogP contribution in [0.5, 0.6) is 0 Å². The summed E-state index contributed by atoms with van der Waals surface area (Å²) in [4.78, 5) is 36.0. The average Bonchev–Trinajstić information content (AvgIpc) is 3.26. The summed E-state index contributed by atoms with van der Waals surface area (Å²) in [6, 6.07) is 16.1. The first-order chi connectivity index (χ1) is 15.0. The van der Waals surface area contributed by atoms with E-state index in [2.05, 4.69) is 11.1 Å². The molecular weight excluding hydrogens is 410 g/mol. The van der Waals surface area contributed by atoms with Crippen molar-refractivity contribution in [2.75, 3.05) is 12.0 Å². The van der Waals surface area contributed by atoms with Crippen LogP contribution in [-0.4, -0.2) is 29.0 Å². The highest BCUT2D eigenvalue weighted by Gasteiger charge is 2.23. The second-order valence-electron chi connectivity index (χ2n) is 7.15. The molecule has 4 rings (SSSR count). The van der Waals surface area contributed by atoms with E-state index in [0.29, 0.717) is 16.3 Å². The van der Waals surface area contributed by atoms with Gasteiger partial charge in [0.05, 0.1) is 35.1 Å². The second-order valence-corrected chi connectivity index (χ2v) is 8.13. The average molecular weight is 432 g/mol. The third kappa shape index (κ3) is 4.18. The van der Waals surface area contributed by atoms with Crippen LogP contribution in [0.4, 0.5) is 5.13 Å². The molecule has 0 N–H and O–H groups in total. The summed E-state index contributed by atoms with van der Waals surface area (Å²) in [6.45, 7) is 4.35. The minimum Gasteiger partial charge on any atom is -0.465 e. The smallest absolute Gasteiger partial charge is 0.337 e. The summed E-state index contributed by atoms with van der Waals surface area (Å²) in [5.41, 5.74) is 4.69. The van der Waals surface area contributed by atoms with Gasteiger partial charge in [-0.1, -0.05) is 29.5 Å². The zero-order chi connectivity index (χ0) is 22.0. The van der Waals surface area contributed by atoms with E-state index in [4.69, 9.17) is 9.72 Å². The second kappa shape index (κ2) is 8.65. The third-order valence-electron chi connectivity index (χ3n) is 5.01. The number of thiazole rings is 1. The van der Waals surface area contributed by atoms with Crippen molar-refractivity contribution in [2.24, 2.45) is 0 Å². The summed E-state index contributed by atoms with van der Waals surface area (Å²) in [5, 5.41) is 0.611. The Balaban J connectivity index is 1.76. The van der Waals surface area contributed by atoms with Crippen molar-refractivity contribution in [1.82, 2.24) is 9.97 Å². The Kier molecular flexibility index (Phi) is 5.77. The molecule has 2 aromatic heterocycles. The van der Waals surface area contributed by atoms with Crippen molar-refractivity contribution < 1.29 is 14.3 Å². The standard InChI is InChI=1S/C24H21N3O3S/c1-15-7-8-16(2)21-20(15)26-24(31-21)27(14-19-6-4-5-13-25-19)22(28)17-9-11-18(12-10-17)23(29)30-3/h4-13H,14H2,1-3H3. The van der Waals surface area contributed by atoms with Crippen LogP contribution in [0.3, 0.4) is 0 Å². The Hall–Kier alpha value is -3.58. The lowest BCUT2D eigenvalue weighted by atomic mass is 10.1. The number of fused-ring (bicyclic) bond motifs is 1. The molecule has 0 fully saturated rings. The molecule has 0 bridgehead atoms. The van der Waals surface area contributed by atoms with Crippen molar-refractivity contribution in [2.45, 2.75) is 20.4 Å². The first-order valence-electron chi connectivity index (χ1n) is 9.75. The number of aryl methyl sites for hydroxylation is 2. The van der Waals surface area contributed by atoms with E-state index in [1.165, 1.54) is 18.4 Å². The summed E-state index contributed by atoms with van der Waals surface area (Å²) in [5.74, 6) is -0.655. The molecule has 1 amide bonds. The zero-order valence-corrected chi connectivity index (χ0v) is 18.3. The molecule has 0 aliphatic carbocycles. The molecule has 2 heterocycles. The Labute approximate surface area is 184 Å². The van der Waals surface area contributed by atoms with Gasteiger partial charge in [-0.15, -0.1) is 0 Å². The van der Waals surface area contributed by atoms with Gasteiger partial charge in [0.1, 0.15) is 0 Å². The number of benzene rings is 2. The fraction of sp³-hybridized carbons (Fsp3) is 0.167. The summed E-state index contributed by atoms with van der Waals surface area (Å²) in [7, 11) is 1.33. The topological polar surface area (TPSA) is 72.4 Å². The number of ether oxygens (including phenoxy) is 1. The van der Waals surface area contributed by atoms with Gasteiger partial charge in [0, 0.05) is 11.8 Å². The number of rotatable bonds is 5. The van der Waals surface area contributed by atoms with Crippen LogP contribution in [0.25, 0.3) is 10.2 Å². The lowest BCUT2D eigenvalue weighted by Crippen LogP contribution is -2.30. The van der Waals surface area contributed by atoms with Crippen LogP contribution in [0, 0.1) is 13.8 Å². The highest BCUT2D eigenvalue weighted by Crippen LogP contribution is 2.34. The molecule has 6 nitrogen and oxygen atoms in total. The Morgan fingerprint density at radius 2 is 1.68 bits per heavy atom. The molecule has 2 aromatic carbocycles. The molecule has 0 radical (unpaired) electrons. The number of hydrogen-bond donors (Lipinski definition) is 0. The van der Waals surface area contributed by atoms with Crippen LogP contribution >= 0.6 is 11.3 Å². The molecule has 0 spiro atoms. The van der Waals surface area contributed by atoms with Gasteiger partial charge in [0.15, 0.2) is 5.13 Å². The molecule has 0 aliphatic heterocycles. The third-order valence-corrected chi connectivity index (χ3v) is 6.22. The minimum absolute atomic E-state index is 0.212. The number of carbonyl (C=O) groups excluding carboxylic acids is 2. The van der Waals surface area contributed by atoms with Crippen molar-refractivity contribution in [3.8, 4) is 0 Å². The molecule has 4 aromatic rings. The van der Waals surface area contributed by atoms with Crippen LogP contribution in [0.2, 0.25) is 0 Å². The molecule has 0 aliphatic rings. The first kappa shape index (κ1) is 20.7. The van der Waals surface area contributed by atoms with Crippen LogP contribution in [0.1, 0.15) is 37.5 Å². The minimum atomic E-state index is -0.443. The first-order valence-corrected chi connectivity index (χ1v) is 10.6. The zero-order valence-electron chi connectivity index (χ0n) is 17.5. The predicted molar refractivity (Wildman–Crippen MR) is 122 cm³/mol.